The zero-order valence-corrected chi connectivity index (χ0v) is 12.8. The van der Waals surface area contributed by atoms with Crippen molar-refractivity contribution in [2.75, 3.05) is 23.0 Å². The predicted molar refractivity (Wildman–Crippen MR) is 85.4 cm³/mol. The van der Waals surface area contributed by atoms with Crippen molar-refractivity contribution in [1.29, 1.82) is 0 Å². The number of nitrogens with zero attached hydrogens (tertiary/aromatic N) is 1. The van der Waals surface area contributed by atoms with Crippen LogP contribution >= 0.6 is 0 Å². The summed E-state index contributed by atoms with van der Waals surface area (Å²) in [5.41, 5.74) is 7.78. The van der Waals surface area contributed by atoms with Crippen molar-refractivity contribution in [2.45, 2.75) is 4.90 Å². The summed E-state index contributed by atoms with van der Waals surface area (Å²) in [5.74, 6) is -1.31. The number of carbonyl (C=O) groups is 1. The number of fused-ring (bicyclic) bond motifs is 2. The maximum Gasteiger partial charge on any atom is 0.337 e. The highest BCUT2D eigenvalue weighted by molar-refractivity contribution is 7.85. The first-order chi connectivity index (χ1) is 10.7. The summed E-state index contributed by atoms with van der Waals surface area (Å²) >= 11 is 0. The molecule has 0 fully saturated rings. The quantitative estimate of drug-likeness (QED) is 0.484. The average molecular weight is 335 g/mol. The van der Waals surface area contributed by atoms with Gasteiger partial charge in [0.1, 0.15) is 0 Å². The molecule has 2 aromatic carbocycles. The smallest absolute Gasteiger partial charge is 0.337 e. The molecule has 8 nitrogen and oxygen atoms in total. The van der Waals surface area contributed by atoms with Gasteiger partial charge in [0.25, 0.3) is 10.1 Å². The maximum atomic E-state index is 11.5. The Morgan fingerprint density at radius 2 is 2.00 bits per heavy atom. The molecule has 0 saturated carbocycles. The largest absolute Gasteiger partial charge is 0.478 e. The van der Waals surface area contributed by atoms with Crippen LogP contribution in [0.25, 0.3) is 0 Å². The van der Waals surface area contributed by atoms with Gasteiger partial charge in [-0.05, 0) is 24.3 Å². The summed E-state index contributed by atoms with van der Waals surface area (Å²) in [4.78, 5) is 12.6. The van der Waals surface area contributed by atoms with Crippen molar-refractivity contribution < 1.29 is 22.9 Å². The number of hydrogen-bond donors (Lipinski definition) is 4. The minimum Gasteiger partial charge on any atom is -0.478 e. The second-order valence-electron chi connectivity index (χ2n) is 5.07. The zero-order valence-electron chi connectivity index (χ0n) is 11.9. The molecule has 0 aliphatic carbocycles. The molecule has 2 aromatic rings. The number of hydrogen-bond acceptors (Lipinski definition) is 6. The van der Waals surface area contributed by atoms with Crippen LogP contribution in [0.2, 0.25) is 0 Å². The number of nitrogens with two attached hydrogens (primary N) is 1. The first kappa shape index (κ1) is 15.1. The fourth-order valence-electron chi connectivity index (χ4n) is 2.60. The monoisotopic (exact) mass is 335 g/mol. The summed E-state index contributed by atoms with van der Waals surface area (Å²) in [6.45, 7) is 0. The molecule has 0 aromatic heterocycles. The van der Waals surface area contributed by atoms with E-state index >= 15 is 0 Å². The van der Waals surface area contributed by atoms with Crippen molar-refractivity contribution >= 4 is 44.5 Å². The van der Waals surface area contributed by atoms with Gasteiger partial charge in [-0.2, -0.15) is 8.42 Å². The van der Waals surface area contributed by atoms with Crippen LogP contribution in [0.5, 0.6) is 0 Å². The van der Waals surface area contributed by atoms with Crippen molar-refractivity contribution in [2.24, 2.45) is 0 Å². The molecular formula is C14H13N3O5S. The lowest BCUT2D eigenvalue weighted by Gasteiger charge is -2.32. The first-order valence-corrected chi connectivity index (χ1v) is 7.92. The van der Waals surface area contributed by atoms with Crippen LogP contribution in [0, 0.1) is 0 Å². The van der Waals surface area contributed by atoms with Crippen LogP contribution in [0.3, 0.4) is 0 Å². The van der Waals surface area contributed by atoms with Gasteiger partial charge in [-0.1, -0.05) is 6.07 Å². The fraction of sp³-hybridized carbons (Fsp3) is 0.0714. The summed E-state index contributed by atoms with van der Waals surface area (Å²) < 4.78 is 32.0. The molecule has 0 radical (unpaired) electrons. The van der Waals surface area contributed by atoms with Crippen LogP contribution in [0.4, 0.5) is 28.4 Å². The fourth-order valence-corrected chi connectivity index (χ4v) is 3.14. The molecular weight excluding hydrogens is 322 g/mol. The predicted octanol–water partition coefficient (Wildman–Crippen LogP) is 2.04. The van der Waals surface area contributed by atoms with Crippen LogP contribution in [0.15, 0.2) is 35.2 Å². The van der Waals surface area contributed by atoms with Crippen molar-refractivity contribution in [3.63, 3.8) is 0 Å². The molecule has 1 aliphatic rings. The molecule has 0 amide bonds. The van der Waals surface area contributed by atoms with Crippen molar-refractivity contribution in [1.82, 2.24) is 0 Å². The molecule has 0 atom stereocenters. The number of rotatable bonds is 2. The molecule has 9 heteroatoms. The number of para-hydroxylation sites is 1. The molecule has 0 saturated heterocycles. The molecule has 5 N–H and O–H groups in total. The Morgan fingerprint density at radius 1 is 1.30 bits per heavy atom. The summed E-state index contributed by atoms with van der Waals surface area (Å²) in [7, 11) is -2.90. The number of anilines is 5. The lowest BCUT2D eigenvalue weighted by Crippen LogP contribution is -2.22. The number of nitrogens with one attached hydrogen (secondary N) is 1. The van der Waals surface area contributed by atoms with E-state index in [4.69, 9.17) is 5.73 Å². The Bertz CT molecular complexity index is 940. The Balaban J connectivity index is 2.32. The molecule has 120 valence electrons. The number of carboxylic acid groups (broad SMARTS) is 1. The summed E-state index contributed by atoms with van der Waals surface area (Å²) in [5, 5.41) is 12.3. The van der Waals surface area contributed by atoms with Gasteiger partial charge in [-0.15, -0.1) is 0 Å². The number of carboxylic acids is 1. The standard InChI is InChI=1S/C14H13N3O5S/c1-17-11-4-2-3-9(15)12(11)16-10-6-7(23(20,21)22)5-8(13(10)17)14(18)19/h2-6,16H,15H2,1H3,(H,18,19)(H,20,21,22). The van der Waals surface area contributed by atoms with Crippen LogP contribution in [-0.4, -0.2) is 31.1 Å². The Labute approximate surface area is 131 Å². The highest BCUT2D eigenvalue weighted by Gasteiger charge is 2.29. The van der Waals surface area contributed by atoms with Gasteiger partial charge in [0.05, 0.1) is 38.9 Å². The third-order valence-corrected chi connectivity index (χ3v) is 4.47. The first-order valence-electron chi connectivity index (χ1n) is 6.48. The number of benzene rings is 2. The van der Waals surface area contributed by atoms with Gasteiger partial charge in [-0.3, -0.25) is 4.55 Å². The van der Waals surface area contributed by atoms with Gasteiger partial charge in [-0.25, -0.2) is 4.79 Å². The zero-order chi connectivity index (χ0) is 16.9. The van der Waals surface area contributed by atoms with E-state index in [0.717, 1.165) is 6.07 Å². The Kier molecular flexibility index (Phi) is 3.20. The molecule has 3 rings (SSSR count). The average Bonchev–Trinajstić information content (AvgIpc) is 2.46. The van der Waals surface area contributed by atoms with E-state index in [1.54, 1.807) is 30.1 Å². The van der Waals surface area contributed by atoms with Gasteiger partial charge < -0.3 is 21.1 Å². The van der Waals surface area contributed by atoms with E-state index in [0.29, 0.717) is 17.1 Å². The van der Waals surface area contributed by atoms with E-state index in [-0.39, 0.29) is 16.9 Å². The molecule has 0 unspecified atom stereocenters. The van der Waals surface area contributed by atoms with Crippen LogP contribution < -0.4 is 16.0 Å². The van der Waals surface area contributed by atoms with E-state index in [1.807, 2.05) is 0 Å². The van der Waals surface area contributed by atoms with Crippen LogP contribution in [0.1, 0.15) is 10.4 Å². The third-order valence-electron chi connectivity index (χ3n) is 3.64. The molecule has 1 heterocycles. The van der Waals surface area contributed by atoms with E-state index in [1.165, 1.54) is 6.07 Å². The number of aromatic carboxylic acids is 1. The van der Waals surface area contributed by atoms with Gasteiger partial charge in [0.15, 0.2) is 0 Å². The van der Waals surface area contributed by atoms with E-state index in [2.05, 4.69) is 5.32 Å². The lowest BCUT2D eigenvalue weighted by molar-refractivity contribution is 0.0697. The Hall–Kier alpha value is -2.78. The van der Waals surface area contributed by atoms with Crippen molar-refractivity contribution in [3.05, 3.63) is 35.9 Å². The lowest BCUT2D eigenvalue weighted by atomic mass is 10.0. The summed E-state index contributed by atoms with van der Waals surface area (Å²) in [6, 6.07) is 7.23. The normalized spacial score (nSPS) is 13.0. The number of nitrogen functional groups attached to an aromatic ring is 1. The minimum atomic E-state index is -4.55. The van der Waals surface area contributed by atoms with Gasteiger partial charge in [0.2, 0.25) is 0 Å². The SMILES string of the molecule is CN1c2cccc(N)c2Nc2cc(S(=O)(=O)O)cc(C(=O)O)c21. The highest BCUT2D eigenvalue weighted by Crippen LogP contribution is 2.47. The van der Waals surface area contributed by atoms with Gasteiger partial charge in [0, 0.05) is 7.05 Å². The maximum absolute atomic E-state index is 11.5. The van der Waals surface area contributed by atoms with Crippen LogP contribution in [-0.2, 0) is 10.1 Å². The summed E-state index contributed by atoms with van der Waals surface area (Å²) in [6.07, 6.45) is 0. The topological polar surface area (TPSA) is 133 Å². The second kappa shape index (κ2) is 4.86. The Morgan fingerprint density at radius 3 is 2.61 bits per heavy atom. The molecule has 1 aliphatic heterocycles. The van der Waals surface area contributed by atoms with Gasteiger partial charge >= 0.3 is 5.97 Å². The molecule has 0 bridgehead atoms. The minimum absolute atomic E-state index is 0.227. The highest BCUT2D eigenvalue weighted by atomic mass is 32.2. The van der Waals surface area contributed by atoms with Crippen molar-refractivity contribution in [3.8, 4) is 0 Å². The van der Waals surface area contributed by atoms with E-state index in [9.17, 15) is 22.9 Å². The second-order valence-corrected chi connectivity index (χ2v) is 6.49. The molecule has 0 spiro atoms. The van der Waals surface area contributed by atoms with E-state index < -0.39 is 21.0 Å². The molecule has 23 heavy (non-hydrogen) atoms. The third kappa shape index (κ3) is 2.35.